The Balaban J connectivity index is -0.000000168. The minimum Gasteiger partial charge on any atom is -0.553 e. The Morgan fingerprint density at radius 1 is 0.548 bits per heavy atom. The van der Waals surface area contributed by atoms with Crippen molar-refractivity contribution in [2.75, 3.05) is 85.8 Å². The van der Waals surface area contributed by atoms with Crippen LogP contribution in [0.4, 0.5) is 0 Å². The van der Waals surface area contributed by atoms with Crippen molar-refractivity contribution in [1.29, 1.82) is 5.26 Å². The predicted octanol–water partition coefficient (Wildman–Crippen LogP) is -1.10. The van der Waals surface area contributed by atoms with Gasteiger partial charge < -0.3 is 68.3 Å². The molecule has 0 aliphatic carbocycles. The van der Waals surface area contributed by atoms with E-state index in [-0.39, 0.29) is 72.6 Å². The van der Waals surface area contributed by atoms with Crippen LogP contribution in [0.1, 0.15) is 6.42 Å². The molecule has 0 aliphatic rings. The van der Waals surface area contributed by atoms with Gasteiger partial charge in [-0.2, -0.15) is 5.26 Å². The van der Waals surface area contributed by atoms with Crippen molar-refractivity contribution < 1.29 is 63.4 Å². The second kappa shape index (κ2) is 39.6. The van der Waals surface area contributed by atoms with Gasteiger partial charge in [0.2, 0.25) is 6.54 Å². The molecule has 4 atom stereocenters. The van der Waals surface area contributed by atoms with Gasteiger partial charge in [-0.3, -0.25) is 0 Å². The third-order valence-electron chi connectivity index (χ3n) is 3.81. The molecule has 0 saturated carbocycles. The molecule has 0 aromatic heterocycles. The second-order valence-corrected chi connectivity index (χ2v) is 7.77. The monoisotopic (exact) mass is 1120 g/mol. The van der Waals surface area contributed by atoms with Crippen LogP contribution in [-0.4, -0.2) is 142 Å². The normalized spacial score (nSPS) is 13.0. The van der Waals surface area contributed by atoms with E-state index in [4.69, 9.17) is 41.0 Å². The molecule has 0 heterocycles. The van der Waals surface area contributed by atoms with Crippen molar-refractivity contribution in [2.45, 2.75) is 36.9 Å². The fourth-order valence-corrected chi connectivity index (χ4v) is 2.13. The summed E-state index contributed by atoms with van der Waals surface area (Å²) in [6.07, 6.45) is -3.31. The van der Waals surface area contributed by atoms with Gasteiger partial charge in [-0.25, -0.2) is 35.0 Å². The fourth-order valence-electron chi connectivity index (χ4n) is 2.13. The van der Waals surface area contributed by atoms with Gasteiger partial charge in [0.15, 0.2) is 0 Å². The van der Waals surface area contributed by atoms with E-state index in [1.807, 2.05) is 6.07 Å². The van der Waals surface area contributed by atoms with Crippen LogP contribution in [0, 0.1) is 46.3 Å². The van der Waals surface area contributed by atoms with Gasteiger partial charge in [0.1, 0.15) is 18.8 Å². The number of hydrogen-bond acceptors (Lipinski definition) is 14. The number of aliphatic hydroxyl groups excluding tert-OH is 5. The van der Waals surface area contributed by atoms with Crippen LogP contribution in [0.15, 0.2) is 0 Å². The molecule has 15 nitrogen and oxygen atoms in total. The molecule has 242 valence electrons. The van der Waals surface area contributed by atoms with E-state index in [1.165, 1.54) is 0 Å². The largest absolute Gasteiger partial charge is 0.553 e. The Morgan fingerprint density at radius 3 is 1.14 bits per heavy atom. The van der Waals surface area contributed by atoms with Gasteiger partial charge in [0.25, 0.3) is 0 Å². The van der Waals surface area contributed by atoms with Gasteiger partial charge in [-0.1, -0.05) is 0 Å². The van der Waals surface area contributed by atoms with Crippen molar-refractivity contribution in [3.63, 3.8) is 0 Å². The minimum atomic E-state index is -0.758. The molecule has 42 heavy (non-hydrogen) atoms. The molecule has 0 spiro atoms. The zero-order valence-electron chi connectivity index (χ0n) is 24.4. The van der Waals surface area contributed by atoms with Gasteiger partial charge in [0.05, 0.1) is 77.1 Å². The maximum absolute atomic E-state index is 9.34. The molecule has 0 radical (unpaired) electrons. The summed E-state index contributed by atoms with van der Waals surface area (Å²) in [4.78, 5) is 3.10. The van der Waals surface area contributed by atoms with Crippen molar-refractivity contribution >= 4 is 0 Å². The summed E-state index contributed by atoms with van der Waals surface area (Å²) >= 11 is 0. The molecule has 0 rings (SSSR count). The van der Waals surface area contributed by atoms with Crippen molar-refractivity contribution in [3.05, 3.63) is 39.9 Å². The SMILES string of the molecule is [C-]#[N+]CCOCC(O)COCC(O)CO[CH2-].[CH2-]OCC(O)COCC(O)COCCC#N.[CH2-]OCC(O)CO[CH2-].[Rf].[Rf]. The quantitative estimate of drug-likeness (QED) is 0.0576. The van der Waals surface area contributed by atoms with Crippen molar-refractivity contribution in [1.82, 2.24) is 0 Å². The van der Waals surface area contributed by atoms with Crippen LogP contribution in [0.2, 0.25) is 0 Å². The molecule has 0 aromatic carbocycles. The fraction of sp³-hybridized carbons (Fsp3) is 0.760. The molecular formula is C25H46N2O13Rf2-4. The van der Waals surface area contributed by atoms with Crippen LogP contribution in [0.3, 0.4) is 0 Å². The topological polar surface area (TPSA) is 203 Å². The van der Waals surface area contributed by atoms with E-state index in [9.17, 15) is 15.3 Å². The van der Waals surface area contributed by atoms with Gasteiger partial charge in [0, 0.05) is 26.4 Å². The zero-order valence-corrected chi connectivity index (χ0v) is 37.2. The zero-order chi connectivity index (χ0) is 30.9. The Hall–Kier alpha value is -3.54. The molecule has 4 unspecified atom stereocenters. The Bertz CT molecular complexity index is 541. The maximum Gasteiger partial charge on any atom is 0.237 e. The van der Waals surface area contributed by atoms with Gasteiger partial charge in [-0.05, 0) is 0 Å². The summed E-state index contributed by atoms with van der Waals surface area (Å²) in [5, 5.41) is 54.0. The van der Waals surface area contributed by atoms with Crippen LogP contribution < -0.4 is 0 Å². The summed E-state index contributed by atoms with van der Waals surface area (Å²) in [5.41, 5.74) is 0. The summed E-state index contributed by atoms with van der Waals surface area (Å²) < 4.78 is 37.6. The Kier molecular flexibility index (Phi) is 45.5. The number of aliphatic hydroxyl groups is 5. The van der Waals surface area contributed by atoms with E-state index in [0.717, 1.165) is 0 Å². The number of ether oxygens (including phenoxy) is 8. The number of rotatable bonds is 24. The van der Waals surface area contributed by atoms with Crippen LogP contribution in [-0.2, 0) is 37.9 Å². The second-order valence-electron chi connectivity index (χ2n) is 7.77. The molecule has 0 amide bonds. The molecule has 0 fully saturated rings. The Labute approximate surface area is 237 Å². The molecule has 5 N–H and O–H groups in total. The molecule has 0 aromatic rings. The summed E-state index contributed by atoms with van der Waals surface area (Å²) in [7, 11) is 12.4. The average Bonchev–Trinajstić information content (AvgIpc) is 2.90. The first-order valence-corrected chi connectivity index (χ1v) is 12.1. The number of nitriles is 1. The molecule has 0 aliphatic heterocycles. The summed E-state index contributed by atoms with van der Waals surface area (Å²) in [5.74, 6) is 0. The standard InChI is InChI=1S/2C10H18NO5.C5H10O3.2Rf/c1-11-3-4-15-6-10(13)8-16-7-9(12)5-14-2;1-14-5-9(12)7-16-8-10(13)6-15-4-2-3-11;1-7-3-5(6)4-8-2;;/h9-10,12-13H,2-8H2;9-10,12-13H,1-2,4-8H2;5-6H,1-4H2;;/q2*-1;-2;;. The number of hydrogen-bond donors (Lipinski definition) is 5. The van der Waals surface area contributed by atoms with Crippen molar-refractivity contribution in [2.24, 2.45) is 0 Å². The summed E-state index contributed by atoms with van der Waals surface area (Å²) in [6, 6.07) is 1.92. The van der Waals surface area contributed by atoms with Crippen LogP contribution in [0.5, 0.6) is 0 Å². The molecule has 0 saturated heterocycles. The minimum absolute atomic E-state index is 0. The maximum atomic E-state index is 9.34. The molecule has 17 heteroatoms. The average molecular weight is 1120 g/mol. The van der Waals surface area contributed by atoms with E-state index in [2.05, 4.69) is 52.2 Å². The number of nitrogens with zero attached hydrogens (tertiary/aromatic N) is 2. The first-order chi connectivity index (χ1) is 19.2. The van der Waals surface area contributed by atoms with E-state index in [1.54, 1.807) is 0 Å². The van der Waals surface area contributed by atoms with Gasteiger partial charge in [-0.15, -0.1) is 0 Å². The first-order valence-electron chi connectivity index (χ1n) is 12.1. The predicted molar refractivity (Wildman–Crippen MR) is 140 cm³/mol. The van der Waals surface area contributed by atoms with E-state index >= 15 is 0 Å². The molecular weight excluding hydrogens is 1070 g/mol. The van der Waals surface area contributed by atoms with Gasteiger partial charge >= 0.3 is 0 Å². The summed E-state index contributed by atoms with van der Waals surface area (Å²) in [6.45, 7) is 8.49. The van der Waals surface area contributed by atoms with Crippen LogP contribution >= 0.6 is 0 Å². The van der Waals surface area contributed by atoms with Crippen molar-refractivity contribution in [3.8, 4) is 6.07 Å². The third-order valence-corrected chi connectivity index (χ3v) is 3.81. The van der Waals surface area contributed by atoms with E-state index in [0.29, 0.717) is 19.6 Å². The third kappa shape index (κ3) is 43.5. The van der Waals surface area contributed by atoms with E-state index < -0.39 is 30.5 Å². The first kappa shape index (κ1) is 48.2. The Morgan fingerprint density at radius 2 is 0.833 bits per heavy atom. The molecule has 0 bridgehead atoms. The van der Waals surface area contributed by atoms with Crippen LogP contribution in [0.25, 0.3) is 4.85 Å². The smallest absolute Gasteiger partial charge is 0.237 e.